The Balaban J connectivity index is 1.84. The van der Waals surface area contributed by atoms with Crippen LogP contribution in [0.1, 0.15) is 38.1 Å². The van der Waals surface area contributed by atoms with Gasteiger partial charge in [-0.05, 0) is 32.1 Å². The average Bonchev–Trinajstić information content (AvgIpc) is 2.68. The molecule has 0 saturated heterocycles. The summed E-state index contributed by atoms with van der Waals surface area (Å²) in [5.74, 6) is 7.32. The van der Waals surface area contributed by atoms with E-state index in [9.17, 15) is 0 Å². The molecule has 2 rings (SSSR count). The zero-order valence-electron chi connectivity index (χ0n) is 10.6. The second-order valence-electron chi connectivity index (χ2n) is 4.77. The van der Waals surface area contributed by atoms with E-state index in [4.69, 9.17) is 10.6 Å². The Hall–Kier alpha value is -0.910. The fourth-order valence-electron chi connectivity index (χ4n) is 2.53. The molecule has 5 heteroatoms. The van der Waals surface area contributed by atoms with Crippen molar-refractivity contribution in [3.63, 3.8) is 0 Å². The van der Waals surface area contributed by atoms with E-state index in [1.165, 1.54) is 0 Å². The normalized spacial score (nSPS) is 25.6. The fraction of sp³-hybridized carbons (Fsp3) is 0.750. The van der Waals surface area contributed by atoms with Crippen molar-refractivity contribution in [3.8, 4) is 0 Å². The topological polar surface area (TPSA) is 65.1 Å². The first-order valence-electron chi connectivity index (χ1n) is 6.29. The van der Waals surface area contributed by atoms with Crippen molar-refractivity contribution in [1.82, 2.24) is 15.0 Å². The number of nitrogens with two attached hydrogens (primary N) is 1. The van der Waals surface area contributed by atoms with Crippen molar-refractivity contribution < 1.29 is 4.74 Å². The second kappa shape index (κ2) is 5.62. The number of aryl methyl sites for hydroxylation is 1. The largest absolute Gasteiger partial charge is 0.378 e. The van der Waals surface area contributed by atoms with Crippen LogP contribution in [0.5, 0.6) is 0 Å². The first-order valence-corrected chi connectivity index (χ1v) is 6.29. The predicted molar refractivity (Wildman–Crippen MR) is 66.0 cm³/mol. The molecule has 0 aromatic carbocycles. The summed E-state index contributed by atoms with van der Waals surface area (Å²) in [7, 11) is 2.00. The molecule has 0 aliphatic heterocycles. The number of hydrazine groups is 1. The van der Waals surface area contributed by atoms with Gasteiger partial charge in [0.15, 0.2) is 0 Å². The van der Waals surface area contributed by atoms with E-state index < -0.39 is 0 Å². The van der Waals surface area contributed by atoms with Crippen molar-refractivity contribution >= 4 is 0 Å². The second-order valence-corrected chi connectivity index (χ2v) is 4.77. The summed E-state index contributed by atoms with van der Waals surface area (Å²) in [4.78, 5) is 4.34. The van der Waals surface area contributed by atoms with Crippen molar-refractivity contribution in [2.45, 2.75) is 38.3 Å². The van der Waals surface area contributed by atoms with Crippen molar-refractivity contribution in [2.75, 3.05) is 6.61 Å². The molecule has 0 bridgehead atoms. The van der Waals surface area contributed by atoms with Crippen LogP contribution in [0, 0.1) is 5.92 Å². The lowest BCUT2D eigenvalue weighted by atomic mass is 9.78. The number of rotatable bonds is 6. The highest BCUT2D eigenvalue weighted by Gasteiger charge is 2.32. The van der Waals surface area contributed by atoms with Gasteiger partial charge in [0.05, 0.1) is 12.1 Å². The molecule has 96 valence electrons. The fourth-order valence-corrected chi connectivity index (χ4v) is 2.53. The number of aromatic nitrogens is 2. The van der Waals surface area contributed by atoms with Gasteiger partial charge in [0.1, 0.15) is 5.82 Å². The molecule has 5 nitrogen and oxygen atoms in total. The molecule has 17 heavy (non-hydrogen) atoms. The number of ether oxygens (including phenoxy) is 1. The average molecular weight is 238 g/mol. The maximum absolute atomic E-state index is 5.62. The van der Waals surface area contributed by atoms with Crippen LogP contribution in [0.3, 0.4) is 0 Å². The van der Waals surface area contributed by atoms with Crippen molar-refractivity contribution in [2.24, 2.45) is 18.8 Å². The molecular weight excluding hydrogens is 216 g/mol. The Morgan fingerprint density at radius 3 is 2.94 bits per heavy atom. The third-order valence-corrected chi connectivity index (χ3v) is 3.54. The third-order valence-electron chi connectivity index (χ3n) is 3.54. The van der Waals surface area contributed by atoms with Gasteiger partial charge in [0.25, 0.3) is 0 Å². The summed E-state index contributed by atoms with van der Waals surface area (Å²) in [6, 6.07) is 0.141. The molecule has 1 aromatic rings. The van der Waals surface area contributed by atoms with E-state index >= 15 is 0 Å². The summed E-state index contributed by atoms with van der Waals surface area (Å²) in [6.07, 6.45) is 7.55. The monoisotopic (exact) mass is 238 g/mol. The summed E-state index contributed by atoms with van der Waals surface area (Å²) in [6.45, 7) is 2.86. The summed E-state index contributed by atoms with van der Waals surface area (Å²) >= 11 is 0. The number of hydrogen-bond donors (Lipinski definition) is 2. The van der Waals surface area contributed by atoms with Gasteiger partial charge < -0.3 is 9.30 Å². The van der Waals surface area contributed by atoms with Gasteiger partial charge in [-0.3, -0.25) is 5.84 Å². The molecule has 0 spiro atoms. The van der Waals surface area contributed by atoms with Crippen molar-refractivity contribution in [1.29, 1.82) is 0 Å². The maximum atomic E-state index is 5.62. The lowest BCUT2D eigenvalue weighted by Gasteiger charge is -2.36. The minimum atomic E-state index is 0.141. The summed E-state index contributed by atoms with van der Waals surface area (Å²) in [5, 5.41) is 0. The molecule has 3 N–H and O–H groups in total. The Kier molecular flexibility index (Phi) is 4.15. The lowest BCUT2D eigenvalue weighted by molar-refractivity contribution is -0.0294. The van der Waals surface area contributed by atoms with Crippen LogP contribution in [0.15, 0.2) is 12.4 Å². The Labute approximate surface area is 102 Å². The van der Waals surface area contributed by atoms with E-state index in [0.717, 1.165) is 31.7 Å². The summed E-state index contributed by atoms with van der Waals surface area (Å²) in [5.41, 5.74) is 2.87. The van der Waals surface area contributed by atoms with Crippen LogP contribution >= 0.6 is 0 Å². The molecule has 1 heterocycles. The van der Waals surface area contributed by atoms with Gasteiger partial charge in [0.2, 0.25) is 0 Å². The van der Waals surface area contributed by atoms with E-state index in [1.54, 1.807) is 0 Å². The molecular formula is C12H22N4O. The number of hydrogen-bond acceptors (Lipinski definition) is 4. The minimum Gasteiger partial charge on any atom is -0.378 e. The van der Waals surface area contributed by atoms with Gasteiger partial charge in [-0.15, -0.1) is 0 Å². The Bertz CT molecular complexity index is 346. The van der Waals surface area contributed by atoms with Gasteiger partial charge in [0, 0.05) is 26.0 Å². The third kappa shape index (κ3) is 2.86. The first-order chi connectivity index (χ1) is 8.24. The zero-order valence-corrected chi connectivity index (χ0v) is 10.6. The number of nitrogens with zero attached hydrogens (tertiary/aromatic N) is 2. The zero-order chi connectivity index (χ0) is 12.3. The van der Waals surface area contributed by atoms with E-state index in [0.29, 0.717) is 12.0 Å². The molecule has 1 atom stereocenters. The van der Waals surface area contributed by atoms with Crippen LogP contribution in [-0.2, 0) is 11.8 Å². The number of imidazole rings is 1. The SMILES string of the molecule is CCOC1CC(CC(NN)c2nccn2C)C1. The highest BCUT2D eigenvalue weighted by Crippen LogP contribution is 2.36. The van der Waals surface area contributed by atoms with Crippen LogP contribution < -0.4 is 11.3 Å². The van der Waals surface area contributed by atoms with Gasteiger partial charge in [-0.2, -0.15) is 0 Å². The molecule has 1 aliphatic rings. The molecule has 0 amide bonds. The van der Waals surface area contributed by atoms with Crippen LogP contribution in [-0.4, -0.2) is 22.3 Å². The molecule has 1 fully saturated rings. The minimum absolute atomic E-state index is 0.141. The van der Waals surface area contributed by atoms with Gasteiger partial charge in [-0.1, -0.05) is 0 Å². The smallest absolute Gasteiger partial charge is 0.126 e. The molecule has 1 aliphatic carbocycles. The Morgan fingerprint density at radius 2 is 2.41 bits per heavy atom. The van der Waals surface area contributed by atoms with Crippen LogP contribution in [0.25, 0.3) is 0 Å². The van der Waals surface area contributed by atoms with E-state index in [1.807, 2.05) is 30.9 Å². The standard InChI is InChI=1S/C12H22N4O/c1-3-17-10-6-9(7-10)8-11(15-13)12-14-4-5-16(12)2/h4-5,9-11,15H,3,6-8,13H2,1-2H3. The van der Waals surface area contributed by atoms with Crippen molar-refractivity contribution in [3.05, 3.63) is 18.2 Å². The van der Waals surface area contributed by atoms with Gasteiger partial charge >= 0.3 is 0 Å². The molecule has 1 unspecified atom stereocenters. The van der Waals surface area contributed by atoms with E-state index in [-0.39, 0.29) is 6.04 Å². The maximum Gasteiger partial charge on any atom is 0.126 e. The molecule has 1 aromatic heterocycles. The van der Waals surface area contributed by atoms with E-state index in [2.05, 4.69) is 10.4 Å². The summed E-state index contributed by atoms with van der Waals surface area (Å²) < 4.78 is 7.58. The quantitative estimate of drug-likeness (QED) is 0.576. The molecule has 1 saturated carbocycles. The highest BCUT2D eigenvalue weighted by atomic mass is 16.5. The Morgan fingerprint density at radius 1 is 1.65 bits per heavy atom. The lowest BCUT2D eigenvalue weighted by Crippen LogP contribution is -2.37. The first kappa shape index (κ1) is 12.5. The van der Waals surface area contributed by atoms with Crippen LogP contribution in [0.2, 0.25) is 0 Å². The van der Waals surface area contributed by atoms with Crippen LogP contribution in [0.4, 0.5) is 0 Å². The number of nitrogens with one attached hydrogen (secondary N) is 1. The molecule has 0 radical (unpaired) electrons. The highest BCUT2D eigenvalue weighted by molar-refractivity contribution is 5.00. The predicted octanol–water partition coefficient (Wildman–Crippen LogP) is 1.13. The van der Waals surface area contributed by atoms with Gasteiger partial charge in [-0.25, -0.2) is 10.4 Å².